The smallest absolute Gasteiger partial charge is 0.404 e. The van der Waals surface area contributed by atoms with Crippen molar-refractivity contribution >= 4 is 23.3 Å². The number of fused-ring (bicyclic) bond motifs is 4. The Morgan fingerprint density at radius 3 is 2.70 bits per heavy atom. The van der Waals surface area contributed by atoms with Crippen LogP contribution in [0.3, 0.4) is 0 Å². The SMILES string of the molecule is CO[C@@]12[C@H](COC(N)=O)C3=C(C(=O)C(C)=C(Nc4ccccc4)C3=O)N1C[C@@H]1N[C@@H]12. The predicted octanol–water partition coefficient (Wildman–Crippen LogP) is 0.502. The number of allylic oxidation sites excluding steroid dienone is 2. The molecule has 5 rings (SSSR count). The van der Waals surface area contributed by atoms with Crippen LogP contribution in [-0.4, -0.2) is 60.6 Å². The van der Waals surface area contributed by atoms with Gasteiger partial charge in [-0.05, 0) is 19.1 Å². The third-order valence-corrected chi connectivity index (χ3v) is 6.47. The number of hydrogen-bond donors (Lipinski definition) is 3. The van der Waals surface area contributed by atoms with E-state index in [0.717, 1.165) is 0 Å². The van der Waals surface area contributed by atoms with Crippen LogP contribution in [0.1, 0.15) is 6.92 Å². The zero-order chi connectivity index (χ0) is 21.2. The van der Waals surface area contributed by atoms with E-state index in [4.69, 9.17) is 15.2 Å². The fraction of sp³-hybridized carbons (Fsp3) is 0.381. The zero-order valence-corrected chi connectivity index (χ0v) is 16.6. The average Bonchev–Trinajstić information content (AvgIpc) is 3.35. The third kappa shape index (κ3) is 2.39. The lowest BCUT2D eigenvalue weighted by Gasteiger charge is -2.39. The molecular formula is C21H22N4O5. The second-order valence-electron chi connectivity index (χ2n) is 7.91. The molecule has 0 bridgehead atoms. The van der Waals surface area contributed by atoms with Gasteiger partial charge < -0.3 is 30.7 Å². The molecule has 3 aliphatic heterocycles. The van der Waals surface area contributed by atoms with Gasteiger partial charge in [0.1, 0.15) is 6.61 Å². The molecule has 1 aromatic carbocycles. The molecule has 30 heavy (non-hydrogen) atoms. The first-order valence-corrected chi connectivity index (χ1v) is 9.77. The van der Waals surface area contributed by atoms with E-state index < -0.39 is 17.7 Å². The molecule has 9 heteroatoms. The Labute approximate surface area is 172 Å². The number of carbonyl (C=O) groups is 3. The first kappa shape index (κ1) is 18.8. The summed E-state index contributed by atoms with van der Waals surface area (Å²) in [5, 5.41) is 6.43. The number of rotatable bonds is 5. The molecule has 1 aliphatic carbocycles. The number of amides is 1. The van der Waals surface area contributed by atoms with Gasteiger partial charge in [0.25, 0.3) is 0 Å². The minimum absolute atomic E-state index is 0.0685. The maximum Gasteiger partial charge on any atom is 0.404 e. The number of nitrogens with two attached hydrogens (primary N) is 1. The highest BCUT2D eigenvalue weighted by atomic mass is 16.6. The van der Waals surface area contributed by atoms with Crippen molar-refractivity contribution in [3.8, 4) is 0 Å². The Morgan fingerprint density at radius 2 is 2.03 bits per heavy atom. The second kappa shape index (κ2) is 6.41. The van der Waals surface area contributed by atoms with Gasteiger partial charge in [-0.3, -0.25) is 9.59 Å². The Kier molecular flexibility index (Phi) is 4.03. The molecular weight excluding hydrogens is 388 g/mol. The standard InChI is InChI=1S/C21H22N4O5/c1-10-15(23-11-6-4-3-5-7-11)18(27)14-12(9-30-20(22)28)21(29-2)19-13(24-19)8-25(21)16(14)17(10)26/h3-7,12-13,19,23-24H,8-9H2,1-2H3,(H2,22,28)/t12-,13+,19+,21-/m1/s1. The molecule has 4 atom stereocenters. The van der Waals surface area contributed by atoms with Crippen LogP contribution in [0.25, 0.3) is 0 Å². The molecule has 0 spiro atoms. The maximum absolute atomic E-state index is 13.6. The number of anilines is 1. The summed E-state index contributed by atoms with van der Waals surface area (Å²) in [5.41, 5.74) is 6.14. The van der Waals surface area contributed by atoms with Gasteiger partial charge in [0.05, 0.1) is 23.4 Å². The van der Waals surface area contributed by atoms with Crippen molar-refractivity contribution in [2.24, 2.45) is 11.7 Å². The normalized spacial score (nSPS) is 31.5. The average molecular weight is 410 g/mol. The van der Waals surface area contributed by atoms with Gasteiger partial charge in [0.15, 0.2) is 5.72 Å². The summed E-state index contributed by atoms with van der Waals surface area (Å²) in [6, 6.07) is 9.27. The van der Waals surface area contributed by atoms with E-state index in [-0.39, 0.29) is 36.0 Å². The molecule has 2 saturated heterocycles. The van der Waals surface area contributed by atoms with Crippen LogP contribution in [0, 0.1) is 5.92 Å². The van der Waals surface area contributed by atoms with E-state index in [1.807, 2.05) is 35.2 Å². The highest BCUT2D eigenvalue weighted by Crippen LogP contribution is 2.55. The van der Waals surface area contributed by atoms with E-state index in [9.17, 15) is 14.4 Å². The Morgan fingerprint density at radius 1 is 1.30 bits per heavy atom. The quantitative estimate of drug-likeness (QED) is 0.472. The monoisotopic (exact) mass is 410 g/mol. The van der Waals surface area contributed by atoms with E-state index in [1.165, 1.54) is 0 Å². The summed E-state index contributed by atoms with van der Waals surface area (Å²) < 4.78 is 11.1. The minimum atomic E-state index is -0.974. The summed E-state index contributed by atoms with van der Waals surface area (Å²) in [6.07, 6.45) is -0.941. The molecule has 0 unspecified atom stereocenters. The van der Waals surface area contributed by atoms with Gasteiger partial charge in [0, 0.05) is 36.5 Å². The Balaban J connectivity index is 1.58. The number of nitrogens with zero attached hydrogens (tertiary/aromatic N) is 1. The van der Waals surface area contributed by atoms with Gasteiger partial charge in [-0.1, -0.05) is 18.2 Å². The van der Waals surface area contributed by atoms with Crippen LogP contribution in [0.5, 0.6) is 0 Å². The van der Waals surface area contributed by atoms with Gasteiger partial charge in [0.2, 0.25) is 11.6 Å². The van der Waals surface area contributed by atoms with Crippen molar-refractivity contribution < 1.29 is 23.9 Å². The van der Waals surface area contributed by atoms with Crippen LogP contribution < -0.4 is 16.4 Å². The molecule has 3 heterocycles. The Hall–Kier alpha value is -3.17. The van der Waals surface area contributed by atoms with Gasteiger partial charge in [-0.15, -0.1) is 0 Å². The van der Waals surface area contributed by atoms with Crippen LogP contribution in [0.15, 0.2) is 52.9 Å². The molecule has 0 aromatic heterocycles. The lowest BCUT2D eigenvalue weighted by atomic mass is 9.82. The molecule has 4 aliphatic rings. The van der Waals surface area contributed by atoms with E-state index in [1.54, 1.807) is 14.0 Å². The van der Waals surface area contributed by atoms with E-state index in [0.29, 0.717) is 29.1 Å². The van der Waals surface area contributed by atoms with Crippen molar-refractivity contribution in [2.45, 2.75) is 24.7 Å². The molecule has 9 nitrogen and oxygen atoms in total. The fourth-order valence-corrected chi connectivity index (χ4v) is 5.11. The number of piperazine rings is 1. The van der Waals surface area contributed by atoms with Gasteiger partial charge >= 0.3 is 6.09 Å². The van der Waals surface area contributed by atoms with Crippen molar-refractivity contribution in [3.63, 3.8) is 0 Å². The summed E-state index contributed by atoms with van der Waals surface area (Å²) in [6.45, 7) is 2.03. The van der Waals surface area contributed by atoms with E-state index >= 15 is 0 Å². The molecule has 1 amide bonds. The third-order valence-electron chi connectivity index (χ3n) is 6.47. The number of para-hydroxylation sites is 1. The summed E-state index contributed by atoms with van der Waals surface area (Å²) >= 11 is 0. The largest absolute Gasteiger partial charge is 0.449 e. The van der Waals surface area contributed by atoms with Crippen molar-refractivity contribution in [2.75, 3.05) is 25.6 Å². The van der Waals surface area contributed by atoms with Gasteiger partial charge in [-0.2, -0.15) is 0 Å². The van der Waals surface area contributed by atoms with Crippen LogP contribution in [-0.2, 0) is 19.1 Å². The zero-order valence-electron chi connectivity index (χ0n) is 16.6. The van der Waals surface area contributed by atoms with Crippen LogP contribution >= 0.6 is 0 Å². The van der Waals surface area contributed by atoms with Crippen molar-refractivity contribution in [1.29, 1.82) is 0 Å². The van der Waals surface area contributed by atoms with Gasteiger partial charge in [-0.25, -0.2) is 4.79 Å². The summed E-state index contributed by atoms with van der Waals surface area (Å²) in [5.74, 6) is -1.17. The van der Waals surface area contributed by atoms with Crippen molar-refractivity contribution in [1.82, 2.24) is 10.2 Å². The number of ether oxygens (including phenoxy) is 2. The topological polar surface area (TPSA) is 133 Å². The molecule has 0 saturated carbocycles. The predicted molar refractivity (Wildman–Crippen MR) is 106 cm³/mol. The number of primary amides is 1. The highest BCUT2D eigenvalue weighted by molar-refractivity contribution is 6.26. The molecule has 156 valence electrons. The number of nitrogens with one attached hydrogen (secondary N) is 2. The highest BCUT2D eigenvalue weighted by Gasteiger charge is 2.72. The number of methoxy groups -OCH3 is 1. The summed E-state index contributed by atoms with van der Waals surface area (Å²) in [7, 11) is 1.55. The molecule has 2 fully saturated rings. The Bertz CT molecular complexity index is 1030. The number of Topliss-reactive ketones (excluding diaryl/α,β-unsaturated/α-hetero) is 2. The first-order chi connectivity index (χ1) is 14.4. The number of benzene rings is 1. The number of ketones is 2. The number of carbonyl (C=O) groups excluding carboxylic acids is 3. The summed E-state index contributed by atoms with van der Waals surface area (Å²) in [4.78, 5) is 40.2. The first-order valence-electron chi connectivity index (χ1n) is 9.77. The number of hydrogen-bond acceptors (Lipinski definition) is 8. The second-order valence-corrected chi connectivity index (χ2v) is 7.91. The molecule has 4 N–H and O–H groups in total. The van der Waals surface area contributed by atoms with E-state index in [2.05, 4.69) is 10.6 Å². The lowest BCUT2D eigenvalue weighted by Crippen LogP contribution is -2.55. The molecule has 1 aromatic rings. The van der Waals surface area contributed by atoms with Crippen LogP contribution in [0.2, 0.25) is 0 Å². The molecule has 0 radical (unpaired) electrons. The fourth-order valence-electron chi connectivity index (χ4n) is 5.11. The minimum Gasteiger partial charge on any atom is -0.449 e. The lowest BCUT2D eigenvalue weighted by molar-refractivity contribution is -0.137. The maximum atomic E-state index is 13.6. The van der Waals surface area contributed by atoms with Crippen molar-refractivity contribution in [3.05, 3.63) is 52.9 Å². The van der Waals surface area contributed by atoms with Crippen LogP contribution in [0.4, 0.5) is 10.5 Å².